The zero-order chi connectivity index (χ0) is 17.4. The van der Waals surface area contributed by atoms with Gasteiger partial charge in [-0.3, -0.25) is 14.3 Å². The Balaban J connectivity index is 1.97. The standard InChI is InChI=1S/C18H16ClN3O3/c19-14-6-2-1-5-12(14)13-7-8-20-16-15(13)17(23)21-18(24)22(16)10-11-4-3-9-25-11/h1-2,5-8,11H,3-4,9-10H2,(H,21,23,24)/t11-/m1/s1. The Hall–Kier alpha value is -2.44. The first-order chi connectivity index (χ1) is 12.1. The molecule has 1 N–H and O–H groups in total. The molecule has 0 amide bonds. The number of nitrogens with zero attached hydrogens (tertiary/aromatic N) is 2. The number of hydrogen-bond acceptors (Lipinski definition) is 4. The van der Waals surface area contributed by atoms with E-state index in [9.17, 15) is 9.59 Å². The van der Waals surface area contributed by atoms with Gasteiger partial charge in [0.1, 0.15) is 5.65 Å². The fourth-order valence-electron chi connectivity index (χ4n) is 3.27. The van der Waals surface area contributed by atoms with Crippen molar-refractivity contribution in [2.75, 3.05) is 6.61 Å². The van der Waals surface area contributed by atoms with E-state index in [0.29, 0.717) is 34.8 Å². The Kier molecular flexibility index (Phi) is 4.15. The Morgan fingerprint density at radius 3 is 2.84 bits per heavy atom. The predicted octanol–water partition coefficient (Wildman–Crippen LogP) is 2.58. The number of benzene rings is 1. The van der Waals surface area contributed by atoms with Crippen LogP contribution in [-0.2, 0) is 11.3 Å². The van der Waals surface area contributed by atoms with Crippen LogP contribution in [0.4, 0.5) is 0 Å². The minimum absolute atomic E-state index is 0.0439. The Labute approximate surface area is 148 Å². The zero-order valence-electron chi connectivity index (χ0n) is 13.4. The van der Waals surface area contributed by atoms with Gasteiger partial charge < -0.3 is 4.74 Å². The highest BCUT2D eigenvalue weighted by Crippen LogP contribution is 2.30. The molecule has 0 aliphatic carbocycles. The van der Waals surface area contributed by atoms with Crippen LogP contribution in [0.1, 0.15) is 12.8 Å². The smallest absolute Gasteiger partial charge is 0.330 e. The molecule has 1 aliphatic rings. The summed E-state index contributed by atoms with van der Waals surface area (Å²) in [4.78, 5) is 31.6. The summed E-state index contributed by atoms with van der Waals surface area (Å²) in [6, 6.07) is 9.02. The molecule has 1 aliphatic heterocycles. The predicted molar refractivity (Wildman–Crippen MR) is 96.0 cm³/mol. The Bertz CT molecular complexity index is 1050. The first-order valence-corrected chi connectivity index (χ1v) is 8.51. The maximum atomic E-state index is 12.5. The van der Waals surface area contributed by atoms with Gasteiger partial charge in [0, 0.05) is 29.0 Å². The van der Waals surface area contributed by atoms with Crippen LogP contribution in [0.15, 0.2) is 46.1 Å². The number of hydrogen-bond donors (Lipinski definition) is 1. The minimum Gasteiger partial charge on any atom is -0.376 e. The zero-order valence-corrected chi connectivity index (χ0v) is 14.1. The second-order valence-electron chi connectivity index (χ2n) is 6.04. The molecule has 25 heavy (non-hydrogen) atoms. The molecule has 0 bridgehead atoms. The van der Waals surface area contributed by atoms with Gasteiger partial charge in [0.05, 0.1) is 18.0 Å². The molecule has 6 nitrogen and oxygen atoms in total. The second kappa shape index (κ2) is 6.46. The van der Waals surface area contributed by atoms with Gasteiger partial charge >= 0.3 is 5.69 Å². The van der Waals surface area contributed by atoms with E-state index in [-0.39, 0.29) is 6.10 Å². The molecule has 1 aromatic carbocycles. The van der Waals surface area contributed by atoms with Crippen LogP contribution in [0.3, 0.4) is 0 Å². The lowest BCUT2D eigenvalue weighted by molar-refractivity contribution is 0.0967. The number of pyridine rings is 1. The normalized spacial score (nSPS) is 17.2. The maximum absolute atomic E-state index is 12.5. The fourth-order valence-corrected chi connectivity index (χ4v) is 3.51. The molecular formula is C18H16ClN3O3. The van der Waals surface area contributed by atoms with Gasteiger partial charge in [-0.05, 0) is 25.0 Å². The summed E-state index contributed by atoms with van der Waals surface area (Å²) >= 11 is 6.30. The number of fused-ring (bicyclic) bond motifs is 1. The van der Waals surface area contributed by atoms with Crippen LogP contribution < -0.4 is 11.2 Å². The Morgan fingerprint density at radius 1 is 1.24 bits per heavy atom. The lowest BCUT2D eigenvalue weighted by Gasteiger charge is -2.15. The summed E-state index contributed by atoms with van der Waals surface area (Å²) in [7, 11) is 0. The van der Waals surface area contributed by atoms with Crippen LogP contribution in [0.5, 0.6) is 0 Å². The average Bonchev–Trinajstić information content (AvgIpc) is 3.11. The van der Waals surface area contributed by atoms with E-state index in [1.165, 1.54) is 4.57 Å². The average molecular weight is 358 g/mol. The van der Waals surface area contributed by atoms with E-state index >= 15 is 0 Å². The van der Waals surface area contributed by atoms with Gasteiger partial charge in [-0.2, -0.15) is 0 Å². The van der Waals surface area contributed by atoms with Gasteiger partial charge in [-0.15, -0.1) is 0 Å². The third kappa shape index (κ3) is 2.88. The van der Waals surface area contributed by atoms with Crippen LogP contribution >= 0.6 is 11.6 Å². The van der Waals surface area contributed by atoms with Gasteiger partial charge in [0.15, 0.2) is 0 Å². The van der Waals surface area contributed by atoms with Crippen LogP contribution in [0.25, 0.3) is 22.2 Å². The minimum atomic E-state index is -0.475. The summed E-state index contributed by atoms with van der Waals surface area (Å²) < 4.78 is 7.10. The second-order valence-corrected chi connectivity index (χ2v) is 6.45. The van der Waals surface area contributed by atoms with Crippen molar-refractivity contribution < 1.29 is 4.74 Å². The number of aromatic nitrogens is 3. The highest BCUT2D eigenvalue weighted by atomic mass is 35.5. The van der Waals surface area contributed by atoms with Crippen molar-refractivity contribution in [1.29, 1.82) is 0 Å². The maximum Gasteiger partial charge on any atom is 0.330 e. The number of ether oxygens (including phenoxy) is 1. The van der Waals surface area contributed by atoms with Crippen molar-refractivity contribution in [2.45, 2.75) is 25.5 Å². The molecule has 0 radical (unpaired) electrons. The number of halogens is 1. The first kappa shape index (κ1) is 16.1. The highest BCUT2D eigenvalue weighted by Gasteiger charge is 2.20. The fraction of sp³-hybridized carbons (Fsp3) is 0.278. The lowest BCUT2D eigenvalue weighted by Crippen LogP contribution is -2.34. The molecule has 3 heterocycles. The van der Waals surface area contributed by atoms with Crippen molar-refractivity contribution in [3.05, 3.63) is 62.4 Å². The highest BCUT2D eigenvalue weighted by molar-refractivity contribution is 6.33. The SMILES string of the molecule is O=c1[nH]c(=O)n(C[C@H]2CCCO2)c2nccc(-c3ccccc3Cl)c12. The molecule has 0 saturated carbocycles. The topological polar surface area (TPSA) is 77.0 Å². The van der Waals surface area contributed by atoms with Crippen molar-refractivity contribution in [3.8, 4) is 11.1 Å². The van der Waals surface area contributed by atoms with E-state index in [4.69, 9.17) is 16.3 Å². The molecule has 3 aromatic rings. The van der Waals surface area contributed by atoms with Crippen molar-refractivity contribution >= 4 is 22.6 Å². The molecule has 1 fully saturated rings. The number of rotatable bonds is 3. The van der Waals surface area contributed by atoms with Gasteiger partial charge in [-0.25, -0.2) is 9.78 Å². The number of aromatic amines is 1. The van der Waals surface area contributed by atoms with Gasteiger partial charge in [-0.1, -0.05) is 29.8 Å². The lowest BCUT2D eigenvalue weighted by atomic mass is 10.0. The molecular weight excluding hydrogens is 342 g/mol. The summed E-state index contributed by atoms with van der Waals surface area (Å²) in [6.45, 7) is 1.06. The van der Waals surface area contributed by atoms with E-state index < -0.39 is 11.2 Å². The molecule has 0 unspecified atom stereocenters. The third-order valence-electron chi connectivity index (χ3n) is 4.45. The van der Waals surface area contributed by atoms with E-state index in [1.54, 1.807) is 18.3 Å². The number of H-pyrrole nitrogens is 1. The van der Waals surface area contributed by atoms with Gasteiger partial charge in [0.2, 0.25) is 0 Å². The largest absolute Gasteiger partial charge is 0.376 e. The monoisotopic (exact) mass is 357 g/mol. The summed E-state index contributed by atoms with van der Waals surface area (Å²) in [5, 5.41) is 0.888. The van der Waals surface area contributed by atoms with Crippen LogP contribution in [-0.4, -0.2) is 27.2 Å². The molecule has 1 atom stereocenters. The molecule has 128 valence electrons. The molecule has 0 spiro atoms. The molecule has 1 saturated heterocycles. The number of nitrogens with one attached hydrogen (secondary N) is 1. The molecule has 4 rings (SSSR count). The van der Waals surface area contributed by atoms with E-state index in [0.717, 1.165) is 18.4 Å². The van der Waals surface area contributed by atoms with Gasteiger partial charge in [0.25, 0.3) is 5.56 Å². The summed E-state index contributed by atoms with van der Waals surface area (Å²) in [5.41, 5.74) is 0.785. The van der Waals surface area contributed by atoms with Crippen molar-refractivity contribution in [3.63, 3.8) is 0 Å². The van der Waals surface area contributed by atoms with E-state index in [2.05, 4.69) is 9.97 Å². The molecule has 7 heteroatoms. The van der Waals surface area contributed by atoms with Crippen LogP contribution in [0.2, 0.25) is 5.02 Å². The van der Waals surface area contributed by atoms with Crippen LogP contribution in [0, 0.1) is 0 Å². The third-order valence-corrected chi connectivity index (χ3v) is 4.78. The first-order valence-electron chi connectivity index (χ1n) is 8.13. The van der Waals surface area contributed by atoms with E-state index in [1.807, 2.05) is 18.2 Å². The Morgan fingerprint density at radius 2 is 2.08 bits per heavy atom. The van der Waals surface area contributed by atoms with Crippen molar-refractivity contribution in [1.82, 2.24) is 14.5 Å². The van der Waals surface area contributed by atoms with Crippen molar-refractivity contribution in [2.24, 2.45) is 0 Å². The summed E-state index contributed by atoms with van der Waals surface area (Å²) in [6.07, 6.45) is 3.40. The molecule has 2 aromatic heterocycles. The summed E-state index contributed by atoms with van der Waals surface area (Å²) in [5.74, 6) is 0. The quantitative estimate of drug-likeness (QED) is 0.781.